The normalized spacial score (nSPS) is 12.0. The molecule has 0 unspecified atom stereocenters. The number of benzene rings is 4. The highest BCUT2D eigenvalue weighted by atomic mass is 16.1. The van der Waals surface area contributed by atoms with Crippen LogP contribution in [-0.4, -0.2) is 9.97 Å². The van der Waals surface area contributed by atoms with Gasteiger partial charge in [0.25, 0.3) is 5.56 Å². The van der Waals surface area contributed by atoms with E-state index >= 15 is 0 Å². The second kappa shape index (κ2) is 4.73. The minimum Gasteiger partial charge on any atom is -0.354 e. The highest BCUT2D eigenvalue weighted by Gasteiger charge is 2.14. The summed E-state index contributed by atoms with van der Waals surface area (Å²) in [7, 11) is 0. The van der Waals surface area contributed by atoms with Crippen molar-refractivity contribution < 1.29 is 0 Å². The van der Waals surface area contributed by atoms with Crippen molar-refractivity contribution in [1.82, 2.24) is 9.97 Å². The second-order valence-corrected chi connectivity index (χ2v) is 6.74. The molecule has 0 radical (unpaired) electrons. The van der Waals surface area contributed by atoms with Crippen molar-refractivity contribution in [3.8, 4) is 0 Å². The topological polar surface area (TPSA) is 48.6 Å². The first kappa shape index (κ1) is 13.7. The molecule has 6 rings (SSSR count). The van der Waals surface area contributed by atoms with Crippen LogP contribution in [0.2, 0.25) is 0 Å². The average molecular weight is 334 g/mol. The SMILES string of the molecule is O=c1[nH]c2ccccc2c2ccc3c([nH]c4ccc5ccccc5c43)c12. The Kier molecular flexibility index (Phi) is 2.49. The molecule has 6 aromatic rings. The van der Waals surface area contributed by atoms with Crippen molar-refractivity contribution in [3.63, 3.8) is 0 Å². The molecule has 0 aliphatic rings. The van der Waals surface area contributed by atoms with Gasteiger partial charge in [0, 0.05) is 27.2 Å². The van der Waals surface area contributed by atoms with Crippen molar-refractivity contribution >= 4 is 54.3 Å². The molecule has 0 amide bonds. The van der Waals surface area contributed by atoms with Crippen LogP contribution in [0.1, 0.15) is 0 Å². The molecule has 2 heterocycles. The van der Waals surface area contributed by atoms with Crippen LogP contribution >= 0.6 is 0 Å². The fourth-order valence-electron chi connectivity index (χ4n) is 4.21. The quantitative estimate of drug-likeness (QED) is 0.356. The fourth-order valence-corrected chi connectivity index (χ4v) is 4.21. The average Bonchev–Trinajstić information content (AvgIpc) is 3.07. The van der Waals surface area contributed by atoms with E-state index in [1.807, 2.05) is 18.2 Å². The zero-order valence-corrected chi connectivity index (χ0v) is 13.8. The van der Waals surface area contributed by atoms with E-state index in [4.69, 9.17) is 0 Å². The number of rotatable bonds is 0. The maximum Gasteiger partial charge on any atom is 0.258 e. The summed E-state index contributed by atoms with van der Waals surface area (Å²) in [5.41, 5.74) is 2.77. The molecule has 0 spiro atoms. The van der Waals surface area contributed by atoms with Gasteiger partial charge < -0.3 is 9.97 Å². The van der Waals surface area contributed by atoms with Gasteiger partial charge in [0.15, 0.2) is 0 Å². The Morgan fingerprint density at radius 2 is 1.31 bits per heavy atom. The number of H-pyrrole nitrogens is 2. The maximum absolute atomic E-state index is 12.9. The summed E-state index contributed by atoms with van der Waals surface area (Å²) in [6.07, 6.45) is 0. The third-order valence-corrected chi connectivity index (χ3v) is 5.36. The molecule has 0 aliphatic heterocycles. The largest absolute Gasteiger partial charge is 0.354 e. The van der Waals surface area contributed by atoms with E-state index in [2.05, 4.69) is 64.6 Å². The molecule has 3 nitrogen and oxygen atoms in total. The van der Waals surface area contributed by atoms with E-state index in [-0.39, 0.29) is 5.56 Å². The summed E-state index contributed by atoms with van der Waals surface area (Å²) in [5.74, 6) is 0. The van der Waals surface area contributed by atoms with Crippen LogP contribution in [0.3, 0.4) is 0 Å². The Morgan fingerprint density at radius 1 is 0.538 bits per heavy atom. The molecule has 3 heteroatoms. The maximum atomic E-state index is 12.9. The number of hydrogen-bond donors (Lipinski definition) is 2. The molecule has 0 saturated carbocycles. The summed E-state index contributed by atoms with van der Waals surface area (Å²) in [5, 5.41) is 7.43. The number of aromatic nitrogens is 2. The van der Waals surface area contributed by atoms with Gasteiger partial charge in [-0.2, -0.15) is 0 Å². The van der Waals surface area contributed by atoms with Crippen LogP contribution in [0.25, 0.3) is 54.3 Å². The zero-order valence-electron chi connectivity index (χ0n) is 13.8. The van der Waals surface area contributed by atoms with Crippen LogP contribution in [0.15, 0.2) is 77.6 Å². The Morgan fingerprint density at radius 3 is 2.23 bits per heavy atom. The lowest BCUT2D eigenvalue weighted by atomic mass is 10.0. The first-order chi connectivity index (χ1) is 12.8. The van der Waals surface area contributed by atoms with E-state index in [0.717, 1.165) is 38.1 Å². The van der Waals surface area contributed by atoms with Gasteiger partial charge in [0.1, 0.15) is 0 Å². The number of fused-ring (bicyclic) bond motifs is 9. The van der Waals surface area contributed by atoms with Crippen LogP contribution in [0, 0.1) is 0 Å². The third kappa shape index (κ3) is 1.64. The molecule has 0 aliphatic carbocycles. The van der Waals surface area contributed by atoms with Crippen LogP contribution in [-0.2, 0) is 0 Å². The zero-order chi connectivity index (χ0) is 17.3. The Balaban J connectivity index is 1.92. The number of pyridine rings is 1. The van der Waals surface area contributed by atoms with E-state index in [0.29, 0.717) is 0 Å². The molecule has 4 aromatic carbocycles. The highest BCUT2D eigenvalue weighted by molar-refractivity contribution is 6.26. The molecule has 2 N–H and O–H groups in total. The van der Waals surface area contributed by atoms with Crippen molar-refractivity contribution in [1.29, 1.82) is 0 Å². The minimum absolute atomic E-state index is 0.0554. The minimum atomic E-state index is -0.0554. The standard InChI is InChI=1S/C23H14N2O/c26-23-21-16(15-7-3-4-8-18(15)25-23)10-11-17-20-14-6-2-1-5-13(14)9-12-19(20)24-22(17)21/h1-12,24H,(H,25,26). The molecule has 0 fully saturated rings. The monoisotopic (exact) mass is 334 g/mol. The molecule has 0 bridgehead atoms. The van der Waals surface area contributed by atoms with E-state index in [9.17, 15) is 4.79 Å². The molecule has 2 aromatic heterocycles. The lowest BCUT2D eigenvalue weighted by molar-refractivity contribution is 1.35. The fraction of sp³-hybridized carbons (Fsp3) is 0. The lowest BCUT2D eigenvalue weighted by Gasteiger charge is -2.05. The number of para-hydroxylation sites is 1. The molecular weight excluding hydrogens is 320 g/mol. The van der Waals surface area contributed by atoms with Crippen molar-refractivity contribution in [2.75, 3.05) is 0 Å². The van der Waals surface area contributed by atoms with Crippen molar-refractivity contribution in [2.45, 2.75) is 0 Å². The van der Waals surface area contributed by atoms with E-state index in [1.165, 1.54) is 16.2 Å². The van der Waals surface area contributed by atoms with E-state index < -0.39 is 0 Å². The number of hydrogen-bond acceptors (Lipinski definition) is 1. The van der Waals surface area contributed by atoms with Gasteiger partial charge in [0.05, 0.1) is 10.9 Å². The molecule has 0 saturated heterocycles. The van der Waals surface area contributed by atoms with Crippen LogP contribution < -0.4 is 5.56 Å². The predicted octanol–water partition coefficient (Wildman–Crippen LogP) is 5.47. The first-order valence-corrected chi connectivity index (χ1v) is 8.68. The summed E-state index contributed by atoms with van der Waals surface area (Å²) < 4.78 is 0. The van der Waals surface area contributed by atoms with Crippen molar-refractivity contribution in [2.24, 2.45) is 0 Å². The van der Waals surface area contributed by atoms with E-state index in [1.54, 1.807) is 0 Å². The Labute approximate surface area is 147 Å². The summed E-state index contributed by atoms with van der Waals surface area (Å²) in [6.45, 7) is 0. The van der Waals surface area contributed by atoms with Crippen LogP contribution in [0.4, 0.5) is 0 Å². The summed E-state index contributed by atoms with van der Waals surface area (Å²) in [6, 6.07) is 24.7. The summed E-state index contributed by atoms with van der Waals surface area (Å²) in [4.78, 5) is 19.4. The third-order valence-electron chi connectivity index (χ3n) is 5.36. The molecule has 26 heavy (non-hydrogen) atoms. The lowest BCUT2D eigenvalue weighted by Crippen LogP contribution is -2.06. The number of aromatic amines is 2. The van der Waals surface area contributed by atoms with Gasteiger partial charge in [-0.1, -0.05) is 60.7 Å². The van der Waals surface area contributed by atoms with Gasteiger partial charge >= 0.3 is 0 Å². The van der Waals surface area contributed by atoms with Gasteiger partial charge in [-0.05, 0) is 28.3 Å². The Hall–Kier alpha value is -3.59. The highest BCUT2D eigenvalue weighted by Crippen LogP contribution is 2.35. The van der Waals surface area contributed by atoms with Crippen molar-refractivity contribution in [3.05, 3.63) is 83.2 Å². The Bertz CT molecular complexity index is 1550. The van der Waals surface area contributed by atoms with Gasteiger partial charge in [-0.3, -0.25) is 4.79 Å². The second-order valence-electron chi connectivity index (χ2n) is 6.74. The number of nitrogens with one attached hydrogen (secondary N) is 2. The molecule has 0 atom stereocenters. The van der Waals surface area contributed by atoms with Gasteiger partial charge in [-0.15, -0.1) is 0 Å². The molecule has 122 valence electrons. The van der Waals surface area contributed by atoms with Gasteiger partial charge in [-0.25, -0.2) is 0 Å². The smallest absolute Gasteiger partial charge is 0.258 e. The van der Waals surface area contributed by atoms with Crippen LogP contribution in [0.5, 0.6) is 0 Å². The van der Waals surface area contributed by atoms with Gasteiger partial charge in [0.2, 0.25) is 0 Å². The first-order valence-electron chi connectivity index (χ1n) is 8.68. The predicted molar refractivity (Wildman–Crippen MR) is 109 cm³/mol. The summed E-state index contributed by atoms with van der Waals surface area (Å²) >= 11 is 0. The molecular formula is C23H14N2O.